The van der Waals surface area contributed by atoms with E-state index in [9.17, 15) is 0 Å². The Morgan fingerprint density at radius 3 is 1.00 bits per heavy atom. The Balaban J connectivity index is 0.972. The van der Waals surface area contributed by atoms with Gasteiger partial charge >= 0.3 is 0 Å². The minimum absolute atomic E-state index is 0.234. The summed E-state index contributed by atoms with van der Waals surface area (Å²) in [4.78, 5) is 20.7. The van der Waals surface area contributed by atoms with Crippen molar-refractivity contribution in [2.24, 2.45) is 0 Å². The van der Waals surface area contributed by atoms with Crippen LogP contribution >= 0.6 is 0 Å². The van der Waals surface area contributed by atoms with Gasteiger partial charge in [0.05, 0.1) is 44.8 Å². The second-order valence-electron chi connectivity index (χ2n) is 15.6. The monoisotopic (exact) mass is 732 g/mol. The highest BCUT2D eigenvalue weighted by molar-refractivity contribution is 6.05. The number of hydrogen-bond donors (Lipinski definition) is 0. The summed E-state index contributed by atoms with van der Waals surface area (Å²) in [5.41, 5.74) is 16.6. The van der Waals surface area contributed by atoms with E-state index in [-0.39, 0.29) is 5.41 Å². The largest absolute Gasteiger partial charge is 0.245 e. The molecule has 4 heterocycles. The van der Waals surface area contributed by atoms with E-state index in [0.29, 0.717) is 0 Å². The predicted octanol–water partition coefficient (Wildman–Crippen LogP) is 13.5. The van der Waals surface area contributed by atoms with Gasteiger partial charge in [-0.1, -0.05) is 159 Å². The Morgan fingerprint density at radius 1 is 0.333 bits per heavy atom. The summed E-state index contributed by atoms with van der Waals surface area (Å²) in [7, 11) is 0. The lowest BCUT2D eigenvalue weighted by Crippen LogP contribution is -2.19. The van der Waals surface area contributed by atoms with Crippen LogP contribution in [-0.4, -0.2) is 19.9 Å². The van der Waals surface area contributed by atoms with Crippen LogP contribution in [0.2, 0.25) is 0 Å². The molecule has 6 aromatic carbocycles. The second kappa shape index (κ2) is 13.6. The average Bonchev–Trinajstić information content (AvgIpc) is 3.26. The molecule has 272 valence electrons. The SMILES string of the molecule is Cc1cc(C(C)(C)c2ccc(-c3ccc4ccc5ccc(-c6ccccc6)nc5c4n3)c(C)c2)ccc1-c1ccc2ccc3ccc(-c4ccccc4)nc3c2n1. The highest BCUT2D eigenvalue weighted by atomic mass is 14.8. The average molecular weight is 733 g/mol. The fourth-order valence-corrected chi connectivity index (χ4v) is 8.22. The molecule has 0 aliphatic rings. The van der Waals surface area contributed by atoms with Crippen LogP contribution in [0.5, 0.6) is 0 Å². The topological polar surface area (TPSA) is 51.6 Å². The maximum Gasteiger partial charge on any atom is 0.0972 e. The second-order valence-corrected chi connectivity index (χ2v) is 15.6. The Morgan fingerprint density at radius 2 is 0.649 bits per heavy atom. The van der Waals surface area contributed by atoms with Crippen molar-refractivity contribution in [3.05, 3.63) is 192 Å². The molecule has 4 nitrogen and oxygen atoms in total. The summed E-state index contributed by atoms with van der Waals surface area (Å²) in [6.45, 7) is 9.00. The van der Waals surface area contributed by atoms with Crippen LogP contribution < -0.4 is 0 Å². The Labute approximate surface area is 332 Å². The van der Waals surface area contributed by atoms with Gasteiger partial charge in [0.1, 0.15) is 0 Å². The molecule has 4 heteroatoms. The van der Waals surface area contributed by atoms with Gasteiger partial charge in [-0.2, -0.15) is 0 Å². The van der Waals surface area contributed by atoms with Crippen molar-refractivity contribution < 1.29 is 0 Å². The molecule has 0 N–H and O–H groups in total. The van der Waals surface area contributed by atoms with Crippen LogP contribution in [0, 0.1) is 13.8 Å². The van der Waals surface area contributed by atoms with Crippen LogP contribution in [-0.2, 0) is 5.41 Å². The van der Waals surface area contributed by atoms with Gasteiger partial charge in [-0.15, -0.1) is 0 Å². The molecule has 4 aromatic heterocycles. The Hall–Kier alpha value is -7.04. The molecule has 0 atom stereocenters. The van der Waals surface area contributed by atoms with Gasteiger partial charge in [0.2, 0.25) is 0 Å². The molecular weight excluding hydrogens is 693 g/mol. The van der Waals surface area contributed by atoms with E-state index in [2.05, 4.69) is 185 Å². The molecule has 0 saturated heterocycles. The van der Waals surface area contributed by atoms with Crippen molar-refractivity contribution >= 4 is 43.6 Å². The van der Waals surface area contributed by atoms with Gasteiger partial charge in [-0.05, 0) is 60.4 Å². The first-order valence-corrected chi connectivity index (χ1v) is 19.6. The van der Waals surface area contributed by atoms with Gasteiger partial charge in [0, 0.05) is 49.2 Å². The van der Waals surface area contributed by atoms with Gasteiger partial charge in [0.15, 0.2) is 0 Å². The number of aromatic nitrogens is 4. The number of benzene rings is 6. The van der Waals surface area contributed by atoms with E-state index in [1.807, 2.05) is 12.1 Å². The minimum Gasteiger partial charge on any atom is -0.245 e. The first-order valence-electron chi connectivity index (χ1n) is 19.6. The van der Waals surface area contributed by atoms with E-state index in [4.69, 9.17) is 19.9 Å². The van der Waals surface area contributed by atoms with Crippen molar-refractivity contribution in [1.29, 1.82) is 0 Å². The summed E-state index contributed by atoms with van der Waals surface area (Å²) in [6.07, 6.45) is 0. The third-order valence-electron chi connectivity index (χ3n) is 11.6. The number of pyridine rings is 4. The Bertz CT molecular complexity index is 2950. The quantitative estimate of drug-likeness (QED) is 0.160. The highest BCUT2D eigenvalue weighted by Gasteiger charge is 2.25. The van der Waals surface area contributed by atoms with Gasteiger partial charge < -0.3 is 0 Å². The minimum atomic E-state index is -0.234. The van der Waals surface area contributed by atoms with Crippen molar-refractivity contribution in [1.82, 2.24) is 19.9 Å². The molecule has 0 aliphatic heterocycles. The first kappa shape index (κ1) is 34.5. The van der Waals surface area contributed by atoms with E-state index in [1.54, 1.807) is 0 Å². The third kappa shape index (κ3) is 6.11. The summed E-state index contributed by atoms with van der Waals surface area (Å²) in [5.74, 6) is 0. The van der Waals surface area contributed by atoms with Crippen LogP contribution in [0.3, 0.4) is 0 Å². The third-order valence-corrected chi connectivity index (χ3v) is 11.6. The number of hydrogen-bond acceptors (Lipinski definition) is 4. The van der Waals surface area contributed by atoms with Crippen LogP contribution in [0.1, 0.15) is 36.1 Å². The summed E-state index contributed by atoms with van der Waals surface area (Å²) in [5, 5.41) is 4.33. The normalized spacial score (nSPS) is 11.9. The number of rotatable bonds is 6. The van der Waals surface area contributed by atoms with E-state index < -0.39 is 0 Å². The summed E-state index contributed by atoms with van der Waals surface area (Å²) in [6, 6.07) is 59.9. The summed E-state index contributed by atoms with van der Waals surface area (Å²) >= 11 is 0. The molecule has 0 fully saturated rings. The van der Waals surface area contributed by atoms with Crippen LogP contribution in [0.15, 0.2) is 170 Å². The van der Waals surface area contributed by atoms with Crippen molar-refractivity contribution in [3.8, 4) is 45.0 Å². The standard InChI is InChI=1S/C53H40N4/c1-33-31-41(23-25-43(33)47-29-21-39-17-15-37-19-27-45(35-11-7-5-8-12-35)54-49(37)51(39)56-47)53(3,4)42-24-26-44(34(2)32-42)48-30-22-40-18-16-38-20-28-46(36-13-9-6-10-14-36)55-50(38)52(40)57-48/h5-32H,1-4H3. The molecule has 0 unspecified atom stereocenters. The fraction of sp³-hybridized carbons (Fsp3) is 0.0943. The number of fused-ring (bicyclic) bond motifs is 6. The summed E-state index contributed by atoms with van der Waals surface area (Å²) < 4.78 is 0. The lowest BCUT2D eigenvalue weighted by atomic mass is 9.76. The highest BCUT2D eigenvalue weighted by Crippen LogP contribution is 2.38. The smallest absolute Gasteiger partial charge is 0.0972 e. The van der Waals surface area contributed by atoms with Crippen LogP contribution in [0.25, 0.3) is 88.6 Å². The molecule has 10 aromatic rings. The molecule has 0 amide bonds. The molecule has 0 aliphatic carbocycles. The van der Waals surface area contributed by atoms with E-state index in [1.165, 1.54) is 22.3 Å². The molecule has 0 spiro atoms. The van der Waals surface area contributed by atoms with E-state index in [0.717, 1.165) is 88.6 Å². The van der Waals surface area contributed by atoms with Crippen molar-refractivity contribution in [2.75, 3.05) is 0 Å². The van der Waals surface area contributed by atoms with E-state index >= 15 is 0 Å². The van der Waals surface area contributed by atoms with Gasteiger partial charge in [-0.3, -0.25) is 0 Å². The molecular formula is C53H40N4. The zero-order valence-electron chi connectivity index (χ0n) is 32.5. The molecule has 0 bridgehead atoms. The van der Waals surface area contributed by atoms with Gasteiger partial charge in [-0.25, -0.2) is 19.9 Å². The lowest BCUT2D eigenvalue weighted by Gasteiger charge is -2.28. The molecule has 10 rings (SSSR count). The van der Waals surface area contributed by atoms with Gasteiger partial charge in [0.25, 0.3) is 0 Å². The van der Waals surface area contributed by atoms with Crippen molar-refractivity contribution in [3.63, 3.8) is 0 Å². The maximum atomic E-state index is 5.25. The first-order chi connectivity index (χ1) is 27.8. The van der Waals surface area contributed by atoms with Crippen molar-refractivity contribution in [2.45, 2.75) is 33.1 Å². The Kier molecular flexibility index (Phi) is 8.23. The van der Waals surface area contributed by atoms with Crippen LogP contribution in [0.4, 0.5) is 0 Å². The lowest BCUT2D eigenvalue weighted by molar-refractivity contribution is 0.640. The molecule has 57 heavy (non-hydrogen) atoms. The zero-order valence-corrected chi connectivity index (χ0v) is 32.5. The molecule has 0 radical (unpaired) electrons. The molecule has 0 saturated carbocycles. The maximum absolute atomic E-state index is 5.25. The number of aryl methyl sites for hydroxylation is 2. The fourth-order valence-electron chi connectivity index (χ4n) is 8.22. The predicted molar refractivity (Wildman–Crippen MR) is 237 cm³/mol. The zero-order chi connectivity index (χ0) is 38.7. The number of nitrogens with zero attached hydrogens (tertiary/aromatic N) is 4.